The molecule has 2 heterocycles. The summed E-state index contributed by atoms with van der Waals surface area (Å²) in [4.78, 5) is 7.14. The zero-order valence-corrected chi connectivity index (χ0v) is 12.7. The van der Waals surface area contributed by atoms with Crippen molar-refractivity contribution in [2.45, 2.75) is 32.7 Å². The Kier molecular flexibility index (Phi) is 4.36. The summed E-state index contributed by atoms with van der Waals surface area (Å²) in [6.07, 6.45) is 3.92. The van der Waals surface area contributed by atoms with Gasteiger partial charge in [-0.3, -0.25) is 4.90 Å². The third kappa shape index (κ3) is 3.17. The van der Waals surface area contributed by atoms with Gasteiger partial charge in [-0.25, -0.2) is 10.8 Å². The number of piperidine rings is 1. The number of nitrogens with zero attached hydrogens (tertiary/aromatic N) is 2. The Morgan fingerprint density at radius 3 is 2.76 bits per heavy atom. The van der Waals surface area contributed by atoms with E-state index in [-0.39, 0.29) is 0 Å². The number of likely N-dealkylation sites (tertiary alicyclic amines) is 1. The highest BCUT2D eigenvalue weighted by Crippen LogP contribution is 2.25. The lowest BCUT2D eigenvalue weighted by atomic mass is 9.94. The number of anilines is 1. The molecule has 0 radical (unpaired) electrons. The highest BCUT2D eigenvalue weighted by Gasteiger charge is 2.19. The van der Waals surface area contributed by atoms with Crippen molar-refractivity contribution in [2.24, 2.45) is 11.8 Å². The van der Waals surface area contributed by atoms with Crippen LogP contribution in [0.3, 0.4) is 0 Å². The molecule has 3 rings (SSSR count). The number of fused-ring (bicyclic) bond motifs is 1. The number of hydrogen-bond acceptors (Lipinski definition) is 4. The van der Waals surface area contributed by atoms with Crippen LogP contribution in [-0.4, -0.2) is 23.0 Å². The number of para-hydroxylation sites is 1. The maximum atomic E-state index is 5.66. The lowest BCUT2D eigenvalue weighted by Gasteiger charge is -2.31. The Labute approximate surface area is 126 Å². The molecule has 0 saturated carbocycles. The summed E-state index contributed by atoms with van der Waals surface area (Å²) < 4.78 is 0. The van der Waals surface area contributed by atoms with Crippen molar-refractivity contribution in [3.8, 4) is 0 Å². The lowest BCUT2D eigenvalue weighted by molar-refractivity contribution is 0.175. The molecule has 1 aromatic carbocycles. The van der Waals surface area contributed by atoms with E-state index in [1.165, 1.54) is 43.3 Å². The van der Waals surface area contributed by atoms with Crippen molar-refractivity contribution in [1.82, 2.24) is 9.88 Å². The molecule has 1 aromatic heterocycles. The molecule has 0 spiro atoms. The summed E-state index contributed by atoms with van der Waals surface area (Å²) in [5, 5.41) is 1.18. The third-order valence-electron chi connectivity index (χ3n) is 4.62. The Bertz CT molecular complexity index is 603. The van der Waals surface area contributed by atoms with Crippen molar-refractivity contribution < 1.29 is 0 Å². The molecule has 0 amide bonds. The van der Waals surface area contributed by atoms with Crippen LogP contribution < -0.4 is 11.3 Å². The minimum atomic E-state index is 0.798. The number of nitrogens with two attached hydrogens (primary N) is 1. The van der Waals surface area contributed by atoms with Gasteiger partial charge < -0.3 is 5.43 Å². The van der Waals surface area contributed by atoms with E-state index in [4.69, 9.17) is 5.84 Å². The van der Waals surface area contributed by atoms with Crippen molar-refractivity contribution in [1.29, 1.82) is 0 Å². The topological polar surface area (TPSA) is 54.2 Å². The van der Waals surface area contributed by atoms with Gasteiger partial charge in [0.2, 0.25) is 0 Å². The first kappa shape index (κ1) is 14.3. The summed E-state index contributed by atoms with van der Waals surface area (Å²) in [7, 11) is 0. The predicted molar refractivity (Wildman–Crippen MR) is 87.8 cm³/mol. The molecule has 1 aliphatic rings. The van der Waals surface area contributed by atoms with Crippen molar-refractivity contribution in [2.75, 3.05) is 18.5 Å². The van der Waals surface area contributed by atoms with Crippen LogP contribution >= 0.6 is 0 Å². The number of hydrazine groups is 1. The molecule has 3 N–H and O–H groups in total. The molecule has 0 unspecified atom stereocenters. The molecule has 21 heavy (non-hydrogen) atoms. The SMILES string of the molecule is CCC1CCN(Cc2cc3ccccc3nc2NN)CC1. The highest BCUT2D eigenvalue weighted by molar-refractivity contribution is 5.81. The predicted octanol–water partition coefficient (Wildman–Crippen LogP) is 3.14. The highest BCUT2D eigenvalue weighted by atomic mass is 15.3. The number of hydrogen-bond donors (Lipinski definition) is 2. The Hall–Kier alpha value is -1.65. The second-order valence-electron chi connectivity index (χ2n) is 5.96. The van der Waals surface area contributed by atoms with Gasteiger partial charge in [-0.2, -0.15) is 0 Å². The molecular formula is C17H24N4. The second-order valence-corrected chi connectivity index (χ2v) is 5.96. The normalized spacial score (nSPS) is 17.2. The van der Waals surface area contributed by atoms with Crippen LogP contribution in [0, 0.1) is 5.92 Å². The van der Waals surface area contributed by atoms with Crippen molar-refractivity contribution in [3.63, 3.8) is 0 Å². The van der Waals surface area contributed by atoms with Crippen LogP contribution in [0.5, 0.6) is 0 Å². The van der Waals surface area contributed by atoms with Gasteiger partial charge in [-0.05, 0) is 44.0 Å². The van der Waals surface area contributed by atoms with E-state index < -0.39 is 0 Å². The van der Waals surface area contributed by atoms with E-state index in [2.05, 4.69) is 40.4 Å². The van der Waals surface area contributed by atoms with Crippen LogP contribution in [0.15, 0.2) is 30.3 Å². The summed E-state index contributed by atoms with van der Waals surface area (Å²) in [6.45, 7) is 5.57. The number of rotatable bonds is 4. The average Bonchev–Trinajstić information content (AvgIpc) is 2.55. The van der Waals surface area contributed by atoms with Crippen molar-refractivity contribution >= 4 is 16.7 Å². The molecule has 2 aromatic rings. The Balaban J connectivity index is 1.79. The number of nitrogen functional groups attached to an aromatic ring is 1. The van der Waals surface area contributed by atoms with Gasteiger partial charge in [0.05, 0.1) is 5.52 Å². The number of pyridine rings is 1. The van der Waals surface area contributed by atoms with E-state index >= 15 is 0 Å². The fourth-order valence-electron chi connectivity index (χ4n) is 3.20. The molecule has 0 aliphatic carbocycles. The maximum absolute atomic E-state index is 5.66. The zero-order chi connectivity index (χ0) is 14.7. The first-order valence-electron chi connectivity index (χ1n) is 7.87. The van der Waals surface area contributed by atoms with Gasteiger partial charge in [-0.15, -0.1) is 0 Å². The van der Waals surface area contributed by atoms with Crippen LogP contribution in [0.2, 0.25) is 0 Å². The quantitative estimate of drug-likeness (QED) is 0.669. The van der Waals surface area contributed by atoms with Gasteiger partial charge in [-0.1, -0.05) is 31.5 Å². The summed E-state index contributed by atoms with van der Waals surface area (Å²) in [6, 6.07) is 10.4. The third-order valence-corrected chi connectivity index (χ3v) is 4.62. The standard InChI is InChI=1S/C17H24N4/c1-2-13-7-9-21(10-8-13)12-15-11-14-5-3-4-6-16(14)19-17(15)20-18/h3-6,11,13H,2,7-10,12,18H2,1H3,(H,19,20). The second kappa shape index (κ2) is 6.41. The molecule has 112 valence electrons. The zero-order valence-electron chi connectivity index (χ0n) is 12.7. The van der Waals surface area contributed by atoms with Gasteiger partial charge >= 0.3 is 0 Å². The minimum absolute atomic E-state index is 0.798. The van der Waals surface area contributed by atoms with E-state index in [0.29, 0.717) is 0 Å². The van der Waals surface area contributed by atoms with Gasteiger partial charge in [0.15, 0.2) is 0 Å². The van der Waals surface area contributed by atoms with E-state index in [1.807, 2.05) is 12.1 Å². The van der Waals surface area contributed by atoms with E-state index in [1.54, 1.807) is 0 Å². The van der Waals surface area contributed by atoms with Crippen LogP contribution in [-0.2, 0) is 6.54 Å². The number of benzene rings is 1. The fraction of sp³-hybridized carbons (Fsp3) is 0.471. The van der Waals surface area contributed by atoms with Crippen molar-refractivity contribution in [3.05, 3.63) is 35.9 Å². The Morgan fingerprint density at radius 1 is 1.29 bits per heavy atom. The van der Waals surface area contributed by atoms with E-state index in [0.717, 1.165) is 23.8 Å². The van der Waals surface area contributed by atoms with E-state index in [9.17, 15) is 0 Å². The lowest BCUT2D eigenvalue weighted by Crippen LogP contribution is -2.33. The molecular weight excluding hydrogens is 260 g/mol. The first-order valence-corrected chi connectivity index (χ1v) is 7.87. The monoisotopic (exact) mass is 284 g/mol. The molecule has 0 bridgehead atoms. The first-order chi connectivity index (χ1) is 10.3. The van der Waals surface area contributed by atoms with Crippen LogP contribution in [0.1, 0.15) is 31.7 Å². The Morgan fingerprint density at radius 2 is 2.05 bits per heavy atom. The minimum Gasteiger partial charge on any atom is -0.308 e. The molecule has 0 atom stereocenters. The average molecular weight is 284 g/mol. The molecule has 4 heteroatoms. The summed E-state index contributed by atoms with van der Waals surface area (Å²) in [5.74, 6) is 7.36. The molecule has 1 saturated heterocycles. The maximum Gasteiger partial charge on any atom is 0.145 e. The number of nitrogens with one attached hydrogen (secondary N) is 1. The largest absolute Gasteiger partial charge is 0.308 e. The van der Waals surface area contributed by atoms with Crippen LogP contribution in [0.4, 0.5) is 5.82 Å². The fourth-order valence-corrected chi connectivity index (χ4v) is 3.20. The molecule has 1 aliphatic heterocycles. The molecule has 4 nitrogen and oxygen atoms in total. The molecule has 1 fully saturated rings. The summed E-state index contributed by atoms with van der Waals surface area (Å²) >= 11 is 0. The van der Waals surface area contributed by atoms with Crippen LogP contribution in [0.25, 0.3) is 10.9 Å². The number of aromatic nitrogens is 1. The van der Waals surface area contributed by atoms with Gasteiger partial charge in [0.1, 0.15) is 5.82 Å². The summed E-state index contributed by atoms with van der Waals surface area (Å²) in [5.41, 5.74) is 4.93. The van der Waals surface area contributed by atoms with Gasteiger partial charge in [0, 0.05) is 17.5 Å². The smallest absolute Gasteiger partial charge is 0.145 e. The van der Waals surface area contributed by atoms with Gasteiger partial charge in [0.25, 0.3) is 0 Å².